The molecule has 1 atom stereocenters. The van der Waals surface area contributed by atoms with Crippen LogP contribution in [0.2, 0.25) is 0 Å². The molecule has 17 heavy (non-hydrogen) atoms. The van der Waals surface area contributed by atoms with Crippen LogP contribution in [0.3, 0.4) is 0 Å². The fourth-order valence-corrected chi connectivity index (χ4v) is 3.63. The van der Waals surface area contributed by atoms with E-state index in [9.17, 15) is 0 Å². The normalized spacial score (nSPS) is 23.4. The Hall–Kier alpha value is -0.820. The SMILES string of the molecule is C[C@@H]([NH2+]Cc1ccccc1)C1C(C)(C)C1(C)C. The van der Waals surface area contributed by atoms with Crippen LogP contribution in [0.25, 0.3) is 0 Å². The topological polar surface area (TPSA) is 16.6 Å². The Morgan fingerprint density at radius 1 is 1.06 bits per heavy atom. The van der Waals surface area contributed by atoms with E-state index >= 15 is 0 Å². The Kier molecular flexibility index (Phi) is 3.07. The van der Waals surface area contributed by atoms with Crippen LogP contribution in [0.1, 0.15) is 40.2 Å². The van der Waals surface area contributed by atoms with Crippen molar-refractivity contribution in [1.29, 1.82) is 0 Å². The molecule has 1 saturated carbocycles. The van der Waals surface area contributed by atoms with E-state index in [1.807, 2.05) is 0 Å². The average molecular weight is 232 g/mol. The fourth-order valence-electron chi connectivity index (χ4n) is 3.63. The highest BCUT2D eigenvalue weighted by molar-refractivity contribution is 5.15. The predicted octanol–water partition coefficient (Wildman–Crippen LogP) is 2.82. The number of rotatable bonds is 4. The van der Waals surface area contributed by atoms with Crippen LogP contribution in [-0.2, 0) is 6.54 Å². The average Bonchev–Trinajstić information content (AvgIpc) is 2.68. The van der Waals surface area contributed by atoms with Gasteiger partial charge in [-0.25, -0.2) is 0 Å². The smallest absolute Gasteiger partial charge is 0.101 e. The van der Waals surface area contributed by atoms with E-state index in [2.05, 4.69) is 70.3 Å². The summed E-state index contributed by atoms with van der Waals surface area (Å²) in [7, 11) is 0. The van der Waals surface area contributed by atoms with Gasteiger partial charge < -0.3 is 5.32 Å². The summed E-state index contributed by atoms with van der Waals surface area (Å²) in [5, 5.41) is 2.50. The van der Waals surface area contributed by atoms with Crippen molar-refractivity contribution in [2.75, 3.05) is 0 Å². The van der Waals surface area contributed by atoms with E-state index in [4.69, 9.17) is 0 Å². The van der Waals surface area contributed by atoms with Crippen molar-refractivity contribution in [2.24, 2.45) is 16.7 Å². The first kappa shape index (κ1) is 12.6. The zero-order chi connectivity index (χ0) is 12.7. The van der Waals surface area contributed by atoms with Gasteiger partial charge in [0.1, 0.15) is 6.54 Å². The lowest BCUT2D eigenvalue weighted by Gasteiger charge is -2.12. The maximum Gasteiger partial charge on any atom is 0.101 e. The maximum atomic E-state index is 2.50. The zero-order valence-corrected chi connectivity index (χ0v) is 11.8. The molecule has 0 heterocycles. The molecule has 1 nitrogen and oxygen atoms in total. The van der Waals surface area contributed by atoms with Gasteiger partial charge in [-0.3, -0.25) is 0 Å². The summed E-state index contributed by atoms with van der Waals surface area (Å²) in [4.78, 5) is 0. The summed E-state index contributed by atoms with van der Waals surface area (Å²) in [5.74, 6) is 0.832. The predicted molar refractivity (Wildman–Crippen MR) is 72.6 cm³/mol. The molecule has 0 saturated heterocycles. The van der Waals surface area contributed by atoms with E-state index in [1.165, 1.54) is 5.56 Å². The molecule has 1 aliphatic carbocycles. The van der Waals surface area contributed by atoms with Crippen molar-refractivity contribution in [3.63, 3.8) is 0 Å². The standard InChI is InChI=1S/C16H25N/c1-12(14-15(2,3)16(14,4)5)17-11-13-9-7-6-8-10-13/h6-10,12,14,17H,11H2,1-5H3/p+1/t12-/m1/s1. The number of nitrogens with two attached hydrogens (primary N) is 1. The minimum Gasteiger partial charge on any atom is -0.340 e. The molecule has 0 unspecified atom stereocenters. The van der Waals surface area contributed by atoms with Crippen LogP contribution >= 0.6 is 0 Å². The highest BCUT2D eigenvalue weighted by atomic mass is 15.0. The molecule has 0 bridgehead atoms. The second-order valence-electron chi connectivity index (χ2n) is 6.71. The largest absolute Gasteiger partial charge is 0.340 e. The molecular formula is C16H26N+. The first-order valence-electron chi connectivity index (χ1n) is 6.74. The van der Waals surface area contributed by atoms with E-state index in [-0.39, 0.29) is 0 Å². The van der Waals surface area contributed by atoms with Gasteiger partial charge >= 0.3 is 0 Å². The van der Waals surface area contributed by atoms with Crippen molar-refractivity contribution in [3.05, 3.63) is 35.9 Å². The van der Waals surface area contributed by atoms with Gasteiger partial charge in [0.25, 0.3) is 0 Å². The Morgan fingerprint density at radius 3 is 2.06 bits per heavy atom. The molecule has 1 aromatic carbocycles. The lowest BCUT2D eigenvalue weighted by molar-refractivity contribution is -0.706. The molecule has 1 fully saturated rings. The highest BCUT2D eigenvalue weighted by Crippen LogP contribution is 2.69. The first-order chi connectivity index (χ1) is 7.87. The molecule has 1 aromatic rings. The minimum atomic E-state index is 0.500. The number of hydrogen-bond donors (Lipinski definition) is 1. The van der Waals surface area contributed by atoms with Crippen LogP contribution < -0.4 is 5.32 Å². The lowest BCUT2D eigenvalue weighted by atomic mass is 10.0. The van der Waals surface area contributed by atoms with E-state index in [0.717, 1.165) is 12.5 Å². The van der Waals surface area contributed by atoms with Gasteiger partial charge in [0, 0.05) is 11.5 Å². The molecule has 0 aliphatic heterocycles. The van der Waals surface area contributed by atoms with Gasteiger partial charge in [-0.2, -0.15) is 0 Å². The molecule has 0 amide bonds. The second-order valence-corrected chi connectivity index (χ2v) is 6.71. The van der Waals surface area contributed by atoms with Crippen molar-refractivity contribution in [2.45, 2.75) is 47.2 Å². The lowest BCUT2D eigenvalue weighted by Crippen LogP contribution is -2.88. The Bertz CT molecular complexity index is 364. The summed E-state index contributed by atoms with van der Waals surface area (Å²) < 4.78 is 0. The third kappa shape index (κ3) is 2.13. The summed E-state index contributed by atoms with van der Waals surface area (Å²) in [6, 6.07) is 11.5. The molecule has 0 radical (unpaired) electrons. The Morgan fingerprint density at radius 2 is 1.59 bits per heavy atom. The number of quaternary nitrogens is 1. The summed E-state index contributed by atoms with van der Waals surface area (Å²) in [5.41, 5.74) is 2.43. The third-order valence-electron chi connectivity index (χ3n) is 5.23. The van der Waals surface area contributed by atoms with Crippen LogP contribution in [0.15, 0.2) is 30.3 Å². The summed E-state index contributed by atoms with van der Waals surface area (Å²) in [6.45, 7) is 13.1. The van der Waals surface area contributed by atoms with Crippen LogP contribution in [0.5, 0.6) is 0 Å². The second kappa shape index (κ2) is 4.13. The highest BCUT2D eigenvalue weighted by Gasteiger charge is 2.67. The van der Waals surface area contributed by atoms with Gasteiger partial charge in [-0.15, -0.1) is 0 Å². The number of hydrogen-bond acceptors (Lipinski definition) is 0. The van der Waals surface area contributed by atoms with E-state index < -0.39 is 0 Å². The third-order valence-corrected chi connectivity index (χ3v) is 5.23. The van der Waals surface area contributed by atoms with Gasteiger partial charge in [-0.1, -0.05) is 58.0 Å². The molecule has 0 aromatic heterocycles. The fraction of sp³-hybridized carbons (Fsp3) is 0.625. The van der Waals surface area contributed by atoms with Crippen LogP contribution in [0, 0.1) is 16.7 Å². The van der Waals surface area contributed by atoms with Crippen LogP contribution in [0.4, 0.5) is 0 Å². The molecule has 2 rings (SSSR count). The van der Waals surface area contributed by atoms with Crippen molar-refractivity contribution in [1.82, 2.24) is 0 Å². The van der Waals surface area contributed by atoms with Gasteiger partial charge in [0.05, 0.1) is 6.04 Å². The Balaban J connectivity index is 1.90. The maximum absolute atomic E-state index is 2.50. The number of benzene rings is 1. The van der Waals surface area contributed by atoms with E-state index in [1.54, 1.807) is 0 Å². The Labute approximate surface area is 106 Å². The molecule has 0 spiro atoms. The van der Waals surface area contributed by atoms with Crippen molar-refractivity contribution in [3.8, 4) is 0 Å². The molecule has 1 heteroatoms. The molecule has 94 valence electrons. The summed E-state index contributed by atoms with van der Waals surface area (Å²) in [6.07, 6.45) is 0. The minimum absolute atomic E-state index is 0.500. The van der Waals surface area contributed by atoms with Crippen molar-refractivity contribution >= 4 is 0 Å². The van der Waals surface area contributed by atoms with Crippen LogP contribution in [-0.4, -0.2) is 6.04 Å². The van der Waals surface area contributed by atoms with Gasteiger partial charge in [0.2, 0.25) is 0 Å². The van der Waals surface area contributed by atoms with Gasteiger partial charge in [-0.05, 0) is 17.8 Å². The van der Waals surface area contributed by atoms with Gasteiger partial charge in [0.15, 0.2) is 0 Å². The molecular weight excluding hydrogens is 206 g/mol. The van der Waals surface area contributed by atoms with Crippen molar-refractivity contribution < 1.29 is 5.32 Å². The molecule has 2 N–H and O–H groups in total. The summed E-state index contributed by atoms with van der Waals surface area (Å²) >= 11 is 0. The van der Waals surface area contributed by atoms with E-state index in [0.29, 0.717) is 16.9 Å². The first-order valence-corrected chi connectivity index (χ1v) is 6.74. The quantitative estimate of drug-likeness (QED) is 0.822. The monoisotopic (exact) mass is 232 g/mol. The zero-order valence-electron chi connectivity index (χ0n) is 11.8. The molecule has 1 aliphatic rings.